The Balaban J connectivity index is 1.93. The number of carbonyl (C=O) groups is 2. The minimum absolute atomic E-state index is 0.00284. The molecule has 1 atom stereocenters. The number of nitrogens with zero attached hydrogens (tertiary/aromatic N) is 1. The Morgan fingerprint density at radius 1 is 1.14 bits per heavy atom. The van der Waals surface area contributed by atoms with Gasteiger partial charge in [0.15, 0.2) is 0 Å². The van der Waals surface area contributed by atoms with Gasteiger partial charge in [-0.05, 0) is 24.6 Å². The number of para-hydroxylation sites is 1. The zero-order valence-electron chi connectivity index (χ0n) is 15.9. The Labute approximate surface area is 166 Å². The Bertz CT molecular complexity index is 1090. The fraction of sp³-hybridized carbons (Fsp3) is 0.190. The summed E-state index contributed by atoms with van der Waals surface area (Å²) in [5.74, 6) is -1.73. The summed E-state index contributed by atoms with van der Waals surface area (Å²) in [7, 11) is 1.27. The van der Waals surface area contributed by atoms with Crippen LogP contribution >= 0.6 is 0 Å². The van der Waals surface area contributed by atoms with Gasteiger partial charge >= 0.3 is 5.97 Å². The van der Waals surface area contributed by atoms with Crippen molar-refractivity contribution in [2.75, 3.05) is 7.11 Å². The smallest absolute Gasteiger partial charge is 0.308 e. The first kappa shape index (κ1) is 20.1. The third-order valence-corrected chi connectivity index (χ3v) is 4.58. The van der Waals surface area contributed by atoms with Crippen molar-refractivity contribution in [3.05, 3.63) is 88.1 Å². The van der Waals surface area contributed by atoms with Crippen LogP contribution in [0.2, 0.25) is 0 Å². The van der Waals surface area contributed by atoms with Crippen molar-refractivity contribution in [3.8, 4) is 5.69 Å². The number of nitrogens with one attached hydrogen (secondary N) is 2. The molecule has 0 bridgehead atoms. The zero-order valence-corrected chi connectivity index (χ0v) is 15.9. The van der Waals surface area contributed by atoms with E-state index in [0.29, 0.717) is 5.56 Å². The molecule has 0 fully saturated rings. The number of aromatic amines is 1. The van der Waals surface area contributed by atoms with Crippen LogP contribution in [0, 0.1) is 5.82 Å². The van der Waals surface area contributed by atoms with Gasteiger partial charge in [-0.3, -0.25) is 19.5 Å². The number of esters is 1. The van der Waals surface area contributed by atoms with Crippen molar-refractivity contribution in [2.24, 2.45) is 0 Å². The van der Waals surface area contributed by atoms with Crippen molar-refractivity contribution >= 4 is 11.9 Å². The van der Waals surface area contributed by atoms with Crippen LogP contribution in [0.15, 0.2) is 65.5 Å². The number of aromatic nitrogens is 2. The summed E-state index contributed by atoms with van der Waals surface area (Å²) < 4.78 is 19.7. The average molecular weight is 397 g/mol. The largest absolute Gasteiger partial charge is 0.469 e. The van der Waals surface area contributed by atoms with Crippen LogP contribution in [0.4, 0.5) is 4.39 Å². The van der Waals surface area contributed by atoms with Crippen molar-refractivity contribution in [1.29, 1.82) is 0 Å². The number of hydrogen-bond donors (Lipinski definition) is 2. The van der Waals surface area contributed by atoms with Gasteiger partial charge in [0.05, 0.1) is 19.1 Å². The van der Waals surface area contributed by atoms with Gasteiger partial charge in [-0.15, -0.1) is 0 Å². The van der Waals surface area contributed by atoms with Crippen LogP contribution in [-0.2, 0) is 15.1 Å². The van der Waals surface area contributed by atoms with Gasteiger partial charge in [-0.1, -0.05) is 42.5 Å². The van der Waals surface area contributed by atoms with E-state index < -0.39 is 28.8 Å². The molecule has 1 aromatic heterocycles. The van der Waals surface area contributed by atoms with Crippen molar-refractivity contribution in [1.82, 2.24) is 15.1 Å². The predicted molar refractivity (Wildman–Crippen MR) is 104 cm³/mol. The highest BCUT2D eigenvalue weighted by Gasteiger charge is 2.33. The number of amides is 1. The van der Waals surface area contributed by atoms with Crippen LogP contribution in [-0.4, -0.2) is 28.8 Å². The average Bonchev–Trinajstić information content (AvgIpc) is 3.10. The molecule has 0 saturated carbocycles. The number of H-pyrrole nitrogens is 1. The van der Waals surface area contributed by atoms with Crippen LogP contribution in [0.5, 0.6) is 0 Å². The second-order valence-electron chi connectivity index (χ2n) is 6.70. The van der Waals surface area contributed by atoms with Gasteiger partial charge in [0.2, 0.25) is 0 Å². The first-order valence-electron chi connectivity index (χ1n) is 8.86. The second kappa shape index (κ2) is 8.14. The molecule has 1 heterocycles. The number of ether oxygens (including phenoxy) is 1. The summed E-state index contributed by atoms with van der Waals surface area (Å²) in [6.07, 6.45) is -0.114. The standard InChI is InChI=1S/C21H20FN3O4/c1-21(13-19(27)29-2,14-8-4-3-5-9-14)23-20(28)16-12-18(26)25(24-16)17-11-7-6-10-15(17)22/h3-12,24H,13H2,1-2H3,(H,23,28)/t21-/m1/s1. The number of rotatable bonds is 6. The quantitative estimate of drug-likeness (QED) is 0.625. The lowest BCUT2D eigenvalue weighted by Gasteiger charge is -2.30. The summed E-state index contributed by atoms with van der Waals surface area (Å²) in [6.45, 7) is 1.68. The molecule has 0 aliphatic rings. The highest BCUT2D eigenvalue weighted by atomic mass is 19.1. The summed E-state index contributed by atoms with van der Waals surface area (Å²) >= 11 is 0. The zero-order chi connectivity index (χ0) is 21.0. The highest BCUT2D eigenvalue weighted by molar-refractivity contribution is 5.93. The lowest BCUT2D eigenvalue weighted by molar-refractivity contribution is -0.142. The normalized spacial score (nSPS) is 12.8. The third kappa shape index (κ3) is 4.26. The number of methoxy groups -OCH3 is 1. The number of benzene rings is 2. The Kier molecular flexibility index (Phi) is 5.63. The molecule has 3 rings (SSSR count). The number of hydrogen-bond acceptors (Lipinski definition) is 4. The summed E-state index contributed by atoms with van der Waals surface area (Å²) in [5, 5.41) is 5.40. The fourth-order valence-corrected chi connectivity index (χ4v) is 3.03. The topological polar surface area (TPSA) is 93.2 Å². The molecule has 2 aromatic carbocycles. The molecule has 1 amide bonds. The maximum Gasteiger partial charge on any atom is 0.308 e. The molecule has 0 aliphatic carbocycles. The lowest BCUT2D eigenvalue weighted by atomic mass is 9.88. The maximum absolute atomic E-state index is 14.0. The molecule has 0 saturated heterocycles. The van der Waals surface area contributed by atoms with Gasteiger partial charge in [-0.2, -0.15) is 0 Å². The molecule has 0 spiro atoms. The van der Waals surface area contributed by atoms with Crippen LogP contribution in [0.1, 0.15) is 29.4 Å². The lowest BCUT2D eigenvalue weighted by Crippen LogP contribution is -2.45. The first-order chi connectivity index (χ1) is 13.8. The minimum Gasteiger partial charge on any atom is -0.469 e. The van der Waals surface area contributed by atoms with Crippen LogP contribution in [0.3, 0.4) is 0 Å². The Morgan fingerprint density at radius 3 is 2.45 bits per heavy atom. The van der Waals surface area contributed by atoms with Gasteiger partial charge in [-0.25, -0.2) is 9.07 Å². The van der Waals surface area contributed by atoms with Gasteiger partial charge in [0.1, 0.15) is 17.2 Å². The van der Waals surface area contributed by atoms with E-state index in [2.05, 4.69) is 10.4 Å². The van der Waals surface area contributed by atoms with Crippen molar-refractivity contribution in [3.63, 3.8) is 0 Å². The van der Waals surface area contributed by atoms with E-state index in [1.165, 1.54) is 25.3 Å². The molecule has 7 nitrogen and oxygen atoms in total. The van der Waals surface area contributed by atoms with Gasteiger partial charge < -0.3 is 10.1 Å². The third-order valence-electron chi connectivity index (χ3n) is 4.58. The van der Waals surface area contributed by atoms with Gasteiger partial charge in [0, 0.05) is 6.07 Å². The SMILES string of the molecule is COC(=O)C[C@@](C)(NC(=O)c1cc(=O)n(-c2ccccc2F)[nH]1)c1ccccc1. The van der Waals surface area contributed by atoms with Crippen LogP contribution < -0.4 is 10.9 Å². The molecule has 0 radical (unpaired) electrons. The number of halogens is 1. The Morgan fingerprint density at radius 2 is 1.79 bits per heavy atom. The molecule has 150 valence electrons. The summed E-state index contributed by atoms with van der Waals surface area (Å²) in [6, 6.07) is 15.7. The molecule has 0 unspecified atom stereocenters. The van der Waals surface area contributed by atoms with Crippen molar-refractivity contribution < 1.29 is 18.7 Å². The van der Waals surface area contributed by atoms with E-state index in [1.807, 2.05) is 6.07 Å². The minimum atomic E-state index is -1.08. The van der Waals surface area contributed by atoms with E-state index in [-0.39, 0.29) is 17.8 Å². The van der Waals surface area contributed by atoms with E-state index in [1.54, 1.807) is 37.3 Å². The van der Waals surface area contributed by atoms with Crippen molar-refractivity contribution in [2.45, 2.75) is 18.9 Å². The molecule has 2 N–H and O–H groups in total. The highest BCUT2D eigenvalue weighted by Crippen LogP contribution is 2.25. The van der Waals surface area contributed by atoms with E-state index in [0.717, 1.165) is 10.7 Å². The van der Waals surface area contributed by atoms with E-state index in [4.69, 9.17) is 4.74 Å². The monoisotopic (exact) mass is 397 g/mol. The second-order valence-corrected chi connectivity index (χ2v) is 6.70. The molecular weight excluding hydrogens is 377 g/mol. The Hall–Kier alpha value is -3.68. The molecule has 3 aromatic rings. The maximum atomic E-state index is 14.0. The molecule has 0 aliphatic heterocycles. The van der Waals surface area contributed by atoms with Gasteiger partial charge in [0.25, 0.3) is 11.5 Å². The summed E-state index contributed by atoms with van der Waals surface area (Å²) in [4.78, 5) is 37.0. The van der Waals surface area contributed by atoms with Crippen LogP contribution in [0.25, 0.3) is 5.69 Å². The molecule has 29 heavy (non-hydrogen) atoms. The van der Waals surface area contributed by atoms with E-state index >= 15 is 0 Å². The predicted octanol–water partition coefficient (Wildman–Crippen LogP) is 2.51. The fourth-order valence-electron chi connectivity index (χ4n) is 3.03. The van der Waals surface area contributed by atoms with E-state index in [9.17, 15) is 18.8 Å². The summed E-state index contributed by atoms with van der Waals surface area (Å²) in [5.41, 5.74) is -1.05. The molecular formula is C21H20FN3O4. The number of carbonyl (C=O) groups excluding carboxylic acids is 2. The first-order valence-corrected chi connectivity index (χ1v) is 8.86. The molecule has 8 heteroatoms.